The van der Waals surface area contributed by atoms with E-state index in [0.717, 1.165) is 10.0 Å². The highest BCUT2D eigenvalue weighted by molar-refractivity contribution is 9.10. The summed E-state index contributed by atoms with van der Waals surface area (Å²) in [6.07, 6.45) is 0. The third kappa shape index (κ3) is 3.48. The van der Waals surface area contributed by atoms with E-state index in [1.165, 1.54) is 6.07 Å². The monoisotopic (exact) mass is 338 g/mol. The van der Waals surface area contributed by atoms with Crippen molar-refractivity contribution in [3.05, 3.63) is 63.9 Å². The Morgan fingerprint density at radius 3 is 2.85 bits per heavy atom. The smallest absolute Gasteiger partial charge is 0.170 e. The summed E-state index contributed by atoms with van der Waals surface area (Å²) in [5.74, 6) is -0.255. The Labute approximate surface area is 123 Å². The Bertz CT molecular complexity index is 647. The summed E-state index contributed by atoms with van der Waals surface area (Å²) in [6.45, 7) is 0.180. The SMILES string of the molecule is N/C(=N/O)c1cccc(COc2cc(Br)ccc2F)c1. The Morgan fingerprint density at radius 2 is 2.10 bits per heavy atom. The van der Waals surface area contributed by atoms with Gasteiger partial charge in [0.25, 0.3) is 0 Å². The molecule has 0 amide bonds. The molecule has 0 aromatic heterocycles. The topological polar surface area (TPSA) is 67.8 Å². The summed E-state index contributed by atoms with van der Waals surface area (Å²) in [6, 6.07) is 11.5. The summed E-state index contributed by atoms with van der Waals surface area (Å²) >= 11 is 3.26. The predicted molar refractivity (Wildman–Crippen MR) is 77.4 cm³/mol. The molecule has 0 saturated carbocycles. The lowest BCUT2D eigenvalue weighted by atomic mass is 10.1. The van der Waals surface area contributed by atoms with Crippen LogP contribution in [-0.2, 0) is 6.61 Å². The normalized spacial score (nSPS) is 11.4. The zero-order valence-corrected chi connectivity index (χ0v) is 12.0. The van der Waals surface area contributed by atoms with Crippen molar-refractivity contribution < 1.29 is 14.3 Å². The first kappa shape index (κ1) is 14.3. The maximum atomic E-state index is 13.5. The molecule has 104 valence electrons. The van der Waals surface area contributed by atoms with Gasteiger partial charge in [-0.05, 0) is 29.8 Å². The van der Waals surface area contributed by atoms with E-state index in [2.05, 4.69) is 21.1 Å². The van der Waals surface area contributed by atoms with Gasteiger partial charge in [-0.25, -0.2) is 4.39 Å². The van der Waals surface area contributed by atoms with E-state index < -0.39 is 5.82 Å². The lowest BCUT2D eigenvalue weighted by Gasteiger charge is -2.08. The lowest BCUT2D eigenvalue weighted by Crippen LogP contribution is -2.13. The molecule has 0 atom stereocenters. The van der Waals surface area contributed by atoms with Crippen LogP contribution in [0.3, 0.4) is 0 Å². The molecule has 0 aliphatic rings. The molecule has 6 heteroatoms. The van der Waals surface area contributed by atoms with Gasteiger partial charge in [0.05, 0.1) is 0 Å². The molecule has 3 N–H and O–H groups in total. The molecule has 0 bridgehead atoms. The first-order valence-electron chi connectivity index (χ1n) is 5.75. The van der Waals surface area contributed by atoms with Crippen molar-refractivity contribution in [3.63, 3.8) is 0 Å². The van der Waals surface area contributed by atoms with E-state index in [1.807, 2.05) is 6.07 Å². The third-order valence-electron chi connectivity index (χ3n) is 2.62. The molecule has 2 aromatic carbocycles. The van der Waals surface area contributed by atoms with Crippen LogP contribution in [0.2, 0.25) is 0 Å². The number of nitrogens with two attached hydrogens (primary N) is 1. The number of amidine groups is 1. The standard InChI is InChI=1S/C14H12BrFN2O2/c15-11-4-5-12(16)13(7-11)20-8-9-2-1-3-10(6-9)14(17)18-19/h1-7,19H,8H2,(H2,17,18). The Morgan fingerprint density at radius 1 is 1.30 bits per heavy atom. The van der Waals surface area contributed by atoms with E-state index in [9.17, 15) is 4.39 Å². The molecule has 0 heterocycles. The van der Waals surface area contributed by atoms with Crippen LogP contribution in [0.5, 0.6) is 5.75 Å². The molecule has 0 aliphatic heterocycles. The lowest BCUT2D eigenvalue weighted by molar-refractivity contribution is 0.290. The minimum absolute atomic E-state index is 0.0143. The highest BCUT2D eigenvalue weighted by Crippen LogP contribution is 2.23. The van der Waals surface area contributed by atoms with Gasteiger partial charge in [0.1, 0.15) is 6.61 Å². The van der Waals surface area contributed by atoms with Gasteiger partial charge in [-0.15, -0.1) is 0 Å². The second kappa shape index (κ2) is 6.38. The highest BCUT2D eigenvalue weighted by atomic mass is 79.9. The van der Waals surface area contributed by atoms with Crippen LogP contribution in [0.4, 0.5) is 4.39 Å². The summed E-state index contributed by atoms with van der Waals surface area (Å²) in [4.78, 5) is 0. The van der Waals surface area contributed by atoms with E-state index in [1.54, 1.807) is 30.3 Å². The summed E-state index contributed by atoms with van der Waals surface area (Å²) in [7, 11) is 0. The zero-order chi connectivity index (χ0) is 14.5. The van der Waals surface area contributed by atoms with Gasteiger partial charge in [-0.1, -0.05) is 39.3 Å². The quantitative estimate of drug-likeness (QED) is 0.389. The molecule has 0 unspecified atom stereocenters. The van der Waals surface area contributed by atoms with Crippen LogP contribution < -0.4 is 10.5 Å². The van der Waals surface area contributed by atoms with Gasteiger partial charge < -0.3 is 15.7 Å². The molecule has 4 nitrogen and oxygen atoms in total. The van der Waals surface area contributed by atoms with Crippen LogP contribution in [0, 0.1) is 5.82 Å². The second-order valence-electron chi connectivity index (χ2n) is 4.05. The number of benzene rings is 2. The molecular formula is C14H12BrFN2O2. The van der Waals surface area contributed by atoms with Crippen molar-refractivity contribution >= 4 is 21.8 Å². The Kier molecular flexibility index (Phi) is 4.57. The van der Waals surface area contributed by atoms with Gasteiger partial charge in [-0.2, -0.15) is 0 Å². The summed E-state index contributed by atoms with van der Waals surface area (Å²) in [5.41, 5.74) is 6.87. The van der Waals surface area contributed by atoms with E-state index >= 15 is 0 Å². The number of ether oxygens (including phenoxy) is 1. The van der Waals surface area contributed by atoms with Crippen LogP contribution >= 0.6 is 15.9 Å². The fourth-order valence-electron chi connectivity index (χ4n) is 1.63. The fraction of sp³-hybridized carbons (Fsp3) is 0.0714. The number of hydrogen-bond acceptors (Lipinski definition) is 3. The van der Waals surface area contributed by atoms with E-state index in [4.69, 9.17) is 15.7 Å². The van der Waals surface area contributed by atoms with Gasteiger partial charge in [0, 0.05) is 10.0 Å². The maximum absolute atomic E-state index is 13.5. The average Bonchev–Trinajstić information content (AvgIpc) is 2.47. The zero-order valence-electron chi connectivity index (χ0n) is 10.4. The van der Waals surface area contributed by atoms with Crippen LogP contribution in [0.15, 0.2) is 52.1 Å². The van der Waals surface area contributed by atoms with Gasteiger partial charge in [-0.3, -0.25) is 0 Å². The molecule has 0 spiro atoms. The van der Waals surface area contributed by atoms with Crippen molar-refractivity contribution in [2.24, 2.45) is 10.9 Å². The van der Waals surface area contributed by atoms with Crippen molar-refractivity contribution in [2.75, 3.05) is 0 Å². The molecule has 20 heavy (non-hydrogen) atoms. The third-order valence-corrected chi connectivity index (χ3v) is 3.11. The molecule has 2 aromatic rings. The minimum Gasteiger partial charge on any atom is -0.486 e. The molecule has 0 radical (unpaired) electrons. The maximum Gasteiger partial charge on any atom is 0.170 e. The molecule has 0 saturated heterocycles. The number of nitrogens with zero attached hydrogens (tertiary/aromatic N) is 1. The van der Waals surface area contributed by atoms with Crippen LogP contribution in [0.25, 0.3) is 0 Å². The molecular weight excluding hydrogens is 327 g/mol. The van der Waals surface area contributed by atoms with Gasteiger partial charge in [0.15, 0.2) is 17.4 Å². The molecule has 0 aliphatic carbocycles. The van der Waals surface area contributed by atoms with Crippen molar-refractivity contribution in [1.82, 2.24) is 0 Å². The Balaban J connectivity index is 2.13. The number of oxime groups is 1. The summed E-state index contributed by atoms with van der Waals surface area (Å²) in [5, 5.41) is 11.6. The number of hydrogen-bond donors (Lipinski definition) is 2. The molecule has 0 fully saturated rings. The first-order chi connectivity index (χ1) is 9.60. The number of halogens is 2. The number of rotatable bonds is 4. The molecule has 2 rings (SSSR count). The van der Waals surface area contributed by atoms with Crippen molar-refractivity contribution in [2.45, 2.75) is 6.61 Å². The van der Waals surface area contributed by atoms with Crippen LogP contribution in [-0.4, -0.2) is 11.0 Å². The predicted octanol–water partition coefficient (Wildman–Crippen LogP) is 3.26. The van der Waals surface area contributed by atoms with Gasteiger partial charge in [0.2, 0.25) is 0 Å². The highest BCUT2D eigenvalue weighted by Gasteiger charge is 2.05. The van der Waals surface area contributed by atoms with Crippen molar-refractivity contribution in [1.29, 1.82) is 0 Å². The summed E-state index contributed by atoms with van der Waals surface area (Å²) < 4.78 is 19.7. The van der Waals surface area contributed by atoms with Crippen LogP contribution in [0.1, 0.15) is 11.1 Å². The minimum atomic E-state index is -0.430. The Hall–Kier alpha value is -2.08. The largest absolute Gasteiger partial charge is 0.486 e. The first-order valence-corrected chi connectivity index (χ1v) is 6.54. The van der Waals surface area contributed by atoms with E-state index in [-0.39, 0.29) is 18.2 Å². The average molecular weight is 339 g/mol. The van der Waals surface area contributed by atoms with E-state index in [0.29, 0.717) is 5.56 Å². The van der Waals surface area contributed by atoms with Crippen molar-refractivity contribution in [3.8, 4) is 5.75 Å². The fourth-order valence-corrected chi connectivity index (χ4v) is 1.97. The second-order valence-corrected chi connectivity index (χ2v) is 4.96. The van der Waals surface area contributed by atoms with Gasteiger partial charge >= 0.3 is 0 Å².